The van der Waals surface area contributed by atoms with Crippen LogP contribution in [0.25, 0.3) is 0 Å². The first-order valence-electron chi connectivity index (χ1n) is 7.34. The van der Waals surface area contributed by atoms with E-state index in [9.17, 15) is 0 Å². The Labute approximate surface area is 131 Å². The Bertz CT molecular complexity index is 626. The summed E-state index contributed by atoms with van der Waals surface area (Å²) in [5, 5.41) is 0. The van der Waals surface area contributed by atoms with Crippen molar-refractivity contribution >= 4 is 0 Å². The van der Waals surface area contributed by atoms with Gasteiger partial charge in [-0.15, -0.1) is 0 Å². The lowest BCUT2D eigenvalue weighted by Crippen LogP contribution is -2.11. The van der Waals surface area contributed by atoms with Crippen molar-refractivity contribution in [3.8, 4) is 17.2 Å². The van der Waals surface area contributed by atoms with E-state index in [0.29, 0.717) is 19.8 Å². The summed E-state index contributed by atoms with van der Waals surface area (Å²) in [4.78, 5) is 0. The minimum absolute atomic E-state index is 0.428. The average Bonchev–Trinajstić information content (AvgIpc) is 2.54. The maximum Gasteiger partial charge on any atom is 0.127 e. The SMILES string of the molecule is COc1ccc(CN)c(OCCOc2cc(C)ccc2C)c1. The van der Waals surface area contributed by atoms with E-state index in [1.165, 1.54) is 5.56 Å². The second-order valence-electron chi connectivity index (χ2n) is 5.14. The smallest absolute Gasteiger partial charge is 0.127 e. The van der Waals surface area contributed by atoms with Gasteiger partial charge in [-0.1, -0.05) is 18.2 Å². The van der Waals surface area contributed by atoms with Crippen LogP contribution in [0.4, 0.5) is 0 Å². The molecule has 0 saturated carbocycles. The Morgan fingerprint density at radius 2 is 1.64 bits per heavy atom. The minimum Gasteiger partial charge on any atom is -0.497 e. The van der Waals surface area contributed by atoms with Crippen LogP contribution in [0, 0.1) is 13.8 Å². The first kappa shape index (κ1) is 16.2. The molecule has 2 aromatic carbocycles. The third kappa shape index (κ3) is 4.15. The number of hydrogen-bond donors (Lipinski definition) is 1. The number of benzene rings is 2. The molecule has 22 heavy (non-hydrogen) atoms. The number of methoxy groups -OCH3 is 1. The van der Waals surface area contributed by atoms with E-state index in [-0.39, 0.29) is 0 Å². The van der Waals surface area contributed by atoms with Crippen LogP contribution < -0.4 is 19.9 Å². The van der Waals surface area contributed by atoms with Gasteiger partial charge in [-0.05, 0) is 37.1 Å². The van der Waals surface area contributed by atoms with Crippen molar-refractivity contribution < 1.29 is 14.2 Å². The normalized spacial score (nSPS) is 10.4. The van der Waals surface area contributed by atoms with Gasteiger partial charge in [0.2, 0.25) is 0 Å². The Kier molecular flexibility index (Phi) is 5.67. The first-order chi connectivity index (χ1) is 10.6. The highest BCUT2D eigenvalue weighted by Crippen LogP contribution is 2.24. The molecule has 0 aliphatic heterocycles. The zero-order chi connectivity index (χ0) is 15.9. The molecule has 0 saturated heterocycles. The van der Waals surface area contributed by atoms with Crippen LogP contribution in [-0.2, 0) is 6.54 Å². The molecule has 0 unspecified atom stereocenters. The van der Waals surface area contributed by atoms with E-state index in [1.54, 1.807) is 7.11 Å². The van der Waals surface area contributed by atoms with Crippen molar-refractivity contribution in [2.45, 2.75) is 20.4 Å². The van der Waals surface area contributed by atoms with Gasteiger partial charge in [-0.25, -0.2) is 0 Å². The van der Waals surface area contributed by atoms with E-state index < -0.39 is 0 Å². The third-order valence-corrected chi connectivity index (χ3v) is 3.44. The van der Waals surface area contributed by atoms with Crippen LogP contribution in [0.1, 0.15) is 16.7 Å². The zero-order valence-corrected chi connectivity index (χ0v) is 13.4. The summed E-state index contributed by atoms with van der Waals surface area (Å²) >= 11 is 0. The van der Waals surface area contributed by atoms with E-state index in [2.05, 4.69) is 12.1 Å². The second kappa shape index (κ2) is 7.71. The fourth-order valence-corrected chi connectivity index (χ4v) is 2.13. The molecule has 0 radical (unpaired) electrons. The molecular formula is C18H23NO3. The van der Waals surface area contributed by atoms with Crippen LogP contribution in [-0.4, -0.2) is 20.3 Å². The Morgan fingerprint density at radius 1 is 0.909 bits per heavy atom. The van der Waals surface area contributed by atoms with Crippen molar-refractivity contribution in [2.24, 2.45) is 5.73 Å². The number of rotatable bonds is 7. The summed E-state index contributed by atoms with van der Waals surface area (Å²) < 4.78 is 16.8. The lowest BCUT2D eigenvalue weighted by atomic mass is 10.1. The van der Waals surface area contributed by atoms with Gasteiger partial charge in [-0.3, -0.25) is 0 Å². The van der Waals surface area contributed by atoms with Crippen molar-refractivity contribution in [1.29, 1.82) is 0 Å². The minimum atomic E-state index is 0.428. The molecule has 118 valence electrons. The molecule has 2 aromatic rings. The Hall–Kier alpha value is -2.20. The molecule has 0 heterocycles. The molecule has 0 aromatic heterocycles. The average molecular weight is 301 g/mol. The maximum absolute atomic E-state index is 5.78. The Morgan fingerprint density at radius 3 is 2.32 bits per heavy atom. The standard InChI is InChI=1S/C18H23NO3/c1-13-4-5-14(2)17(10-13)21-8-9-22-18-11-16(20-3)7-6-15(18)12-19/h4-7,10-11H,8-9,12,19H2,1-3H3. The third-order valence-electron chi connectivity index (χ3n) is 3.44. The highest BCUT2D eigenvalue weighted by Gasteiger charge is 2.05. The summed E-state index contributed by atoms with van der Waals surface area (Å²) in [6.07, 6.45) is 0. The number of nitrogens with two attached hydrogens (primary N) is 1. The number of aryl methyl sites for hydroxylation is 2. The van der Waals surface area contributed by atoms with Crippen molar-refractivity contribution in [3.63, 3.8) is 0 Å². The van der Waals surface area contributed by atoms with Crippen LogP contribution in [0.5, 0.6) is 17.2 Å². The molecule has 2 N–H and O–H groups in total. The molecule has 0 bridgehead atoms. The summed E-state index contributed by atoms with van der Waals surface area (Å²) in [6.45, 7) is 5.44. The van der Waals surface area contributed by atoms with Crippen LogP contribution in [0.3, 0.4) is 0 Å². The van der Waals surface area contributed by atoms with Crippen molar-refractivity contribution in [3.05, 3.63) is 53.1 Å². The zero-order valence-electron chi connectivity index (χ0n) is 13.4. The van der Waals surface area contributed by atoms with E-state index in [1.807, 2.05) is 38.1 Å². The van der Waals surface area contributed by atoms with Gasteiger partial charge in [0.25, 0.3) is 0 Å². The van der Waals surface area contributed by atoms with Crippen LogP contribution >= 0.6 is 0 Å². The maximum atomic E-state index is 5.78. The molecular weight excluding hydrogens is 278 g/mol. The highest BCUT2D eigenvalue weighted by molar-refractivity contribution is 5.40. The summed E-state index contributed by atoms with van der Waals surface area (Å²) in [5.41, 5.74) is 8.97. The summed E-state index contributed by atoms with van der Waals surface area (Å²) in [6, 6.07) is 11.8. The molecule has 0 aliphatic rings. The molecule has 0 fully saturated rings. The molecule has 4 nitrogen and oxygen atoms in total. The topological polar surface area (TPSA) is 53.7 Å². The fraction of sp³-hybridized carbons (Fsp3) is 0.333. The lowest BCUT2D eigenvalue weighted by molar-refractivity contribution is 0.214. The fourth-order valence-electron chi connectivity index (χ4n) is 2.13. The molecule has 0 amide bonds. The van der Waals surface area contributed by atoms with E-state index >= 15 is 0 Å². The van der Waals surface area contributed by atoms with E-state index in [0.717, 1.165) is 28.4 Å². The van der Waals surface area contributed by atoms with Crippen LogP contribution in [0.2, 0.25) is 0 Å². The Balaban J connectivity index is 1.92. The first-order valence-corrected chi connectivity index (χ1v) is 7.34. The molecule has 0 spiro atoms. The van der Waals surface area contributed by atoms with Crippen molar-refractivity contribution in [2.75, 3.05) is 20.3 Å². The molecule has 4 heteroatoms. The predicted octanol–water partition coefficient (Wildman–Crippen LogP) is 3.23. The lowest BCUT2D eigenvalue weighted by Gasteiger charge is -2.13. The van der Waals surface area contributed by atoms with E-state index in [4.69, 9.17) is 19.9 Å². The molecule has 2 rings (SSSR count). The number of hydrogen-bond acceptors (Lipinski definition) is 4. The quantitative estimate of drug-likeness (QED) is 0.798. The van der Waals surface area contributed by atoms with Gasteiger partial charge in [0, 0.05) is 18.2 Å². The van der Waals surface area contributed by atoms with Crippen LogP contribution in [0.15, 0.2) is 36.4 Å². The summed E-state index contributed by atoms with van der Waals surface area (Å²) in [7, 11) is 1.63. The molecule has 0 aliphatic carbocycles. The summed E-state index contributed by atoms with van der Waals surface area (Å²) in [5.74, 6) is 2.39. The molecule has 0 atom stereocenters. The number of ether oxygens (including phenoxy) is 3. The largest absolute Gasteiger partial charge is 0.497 e. The van der Waals surface area contributed by atoms with Gasteiger partial charge in [0.1, 0.15) is 30.5 Å². The second-order valence-corrected chi connectivity index (χ2v) is 5.14. The highest BCUT2D eigenvalue weighted by atomic mass is 16.5. The van der Waals surface area contributed by atoms with Gasteiger partial charge in [0.15, 0.2) is 0 Å². The monoisotopic (exact) mass is 301 g/mol. The predicted molar refractivity (Wildman–Crippen MR) is 87.8 cm³/mol. The van der Waals surface area contributed by atoms with Gasteiger partial charge in [0.05, 0.1) is 7.11 Å². The van der Waals surface area contributed by atoms with Gasteiger partial charge >= 0.3 is 0 Å². The van der Waals surface area contributed by atoms with Crippen molar-refractivity contribution in [1.82, 2.24) is 0 Å². The van der Waals surface area contributed by atoms with Gasteiger partial charge in [-0.2, -0.15) is 0 Å². The van der Waals surface area contributed by atoms with Gasteiger partial charge < -0.3 is 19.9 Å².